The van der Waals surface area contributed by atoms with Crippen LogP contribution in [0.2, 0.25) is 10.2 Å². The van der Waals surface area contributed by atoms with Crippen LogP contribution in [0.25, 0.3) is 16.6 Å². The summed E-state index contributed by atoms with van der Waals surface area (Å²) < 4.78 is 1.86. The molecule has 3 rings (SSSR count). The molecular formula is C23H19Cl2N3O2. The van der Waals surface area contributed by atoms with E-state index in [-0.39, 0.29) is 17.9 Å². The molecular weight excluding hydrogens is 421 g/mol. The van der Waals surface area contributed by atoms with Crippen molar-refractivity contribution in [2.24, 2.45) is 0 Å². The fourth-order valence-corrected chi connectivity index (χ4v) is 3.27. The minimum absolute atomic E-state index is 0.0517. The van der Waals surface area contributed by atoms with Gasteiger partial charge in [-0.15, -0.1) is 0 Å². The molecule has 30 heavy (non-hydrogen) atoms. The van der Waals surface area contributed by atoms with E-state index in [1.54, 1.807) is 36.5 Å². The van der Waals surface area contributed by atoms with Gasteiger partial charge in [-0.05, 0) is 49.4 Å². The van der Waals surface area contributed by atoms with Gasteiger partial charge in [0.2, 0.25) is 0 Å². The number of nitrogens with one attached hydrogen (secondary N) is 1. The first-order valence-corrected chi connectivity index (χ1v) is 9.89. The number of hydrogen-bond acceptors (Lipinski definition) is 3. The molecule has 0 bridgehead atoms. The summed E-state index contributed by atoms with van der Waals surface area (Å²) in [7, 11) is 0. The number of aromatic nitrogens is 2. The van der Waals surface area contributed by atoms with E-state index in [4.69, 9.17) is 23.2 Å². The zero-order chi connectivity index (χ0) is 21.7. The number of pyridine rings is 2. The number of hydrogen-bond donors (Lipinski definition) is 1. The van der Waals surface area contributed by atoms with Crippen LogP contribution in [0.4, 0.5) is 0 Å². The van der Waals surface area contributed by atoms with Gasteiger partial charge in [0, 0.05) is 40.6 Å². The molecule has 0 radical (unpaired) electrons. The average molecular weight is 440 g/mol. The number of carbonyl (C=O) groups excluding carboxylic acids is 1. The molecule has 0 spiro atoms. The normalized spacial score (nSPS) is 11.8. The van der Waals surface area contributed by atoms with Gasteiger partial charge in [0.05, 0.1) is 11.1 Å². The minimum Gasteiger partial charge on any atom is -0.348 e. The maximum Gasteiger partial charge on any atom is 0.253 e. The molecule has 2 heterocycles. The number of amides is 1. The quantitative estimate of drug-likeness (QED) is 0.422. The molecule has 1 N–H and O–H groups in total. The first-order valence-electron chi connectivity index (χ1n) is 9.14. The van der Waals surface area contributed by atoms with Crippen LogP contribution in [0, 0.1) is 0 Å². The third kappa shape index (κ3) is 4.70. The zero-order valence-electron chi connectivity index (χ0n) is 16.2. The van der Waals surface area contributed by atoms with E-state index >= 15 is 0 Å². The largest absolute Gasteiger partial charge is 0.348 e. The van der Waals surface area contributed by atoms with Crippen molar-refractivity contribution in [2.45, 2.75) is 13.5 Å². The number of carbonyl (C=O) groups is 1. The lowest BCUT2D eigenvalue weighted by atomic mass is 10.1. The number of rotatable bonds is 6. The number of allylic oxidation sites excluding steroid dienone is 5. The van der Waals surface area contributed by atoms with E-state index < -0.39 is 0 Å². The molecule has 2 aromatic heterocycles. The van der Waals surface area contributed by atoms with E-state index in [2.05, 4.69) is 16.9 Å². The Hall–Kier alpha value is -3.15. The Balaban J connectivity index is 2.05. The Kier molecular flexibility index (Phi) is 6.87. The first-order chi connectivity index (χ1) is 14.4. The van der Waals surface area contributed by atoms with E-state index in [0.29, 0.717) is 32.2 Å². The Morgan fingerprint density at radius 1 is 1.27 bits per heavy atom. The second kappa shape index (κ2) is 9.57. The van der Waals surface area contributed by atoms with Crippen LogP contribution < -0.4 is 10.7 Å². The molecule has 0 saturated heterocycles. The van der Waals surface area contributed by atoms with Crippen LogP contribution >= 0.6 is 23.2 Å². The van der Waals surface area contributed by atoms with Gasteiger partial charge >= 0.3 is 0 Å². The van der Waals surface area contributed by atoms with Crippen molar-refractivity contribution in [3.63, 3.8) is 0 Å². The summed E-state index contributed by atoms with van der Waals surface area (Å²) >= 11 is 11.9. The molecule has 0 aliphatic carbocycles. The summed E-state index contributed by atoms with van der Waals surface area (Å²) in [5.74, 6) is -0.350. The molecule has 0 atom stereocenters. The second-order valence-electron chi connectivity index (χ2n) is 6.39. The monoisotopic (exact) mass is 439 g/mol. The summed E-state index contributed by atoms with van der Waals surface area (Å²) in [6, 6.07) is 8.20. The third-order valence-corrected chi connectivity index (χ3v) is 4.83. The maximum atomic E-state index is 13.0. The summed E-state index contributed by atoms with van der Waals surface area (Å²) in [5.41, 5.74) is 2.07. The van der Waals surface area contributed by atoms with E-state index in [9.17, 15) is 9.59 Å². The summed E-state index contributed by atoms with van der Waals surface area (Å²) in [6.07, 6.45) is 10.4. The highest BCUT2D eigenvalue weighted by atomic mass is 35.5. The lowest BCUT2D eigenvalue weighted by molar-refractivity contribution is 0.0950. The topological polar surface area (TPSA) is 64.0 Å². The average Bonchev–Trinajstić information content (AvgIpc) is 2.73. The van der Waals surface area contributed by atoms with Crippen LogP contribution in [0.3, 0.4) is 0 Å². The van der Waals surface area contributed by atoms with Gasteiger partial charge in [0.25, 0.3) is 5.91 Å². The highest BCUT2D eigenvalue weighted by Gasteiger charge is 2.13. The van der Waals surface area contributed by atoms with Crippen LogP contribution in [0.1, 0.15) is 22.8 Å². The van der Waals surface area contributed by atoms with Crippen LogP contribution in [0.15, 0.2) is 78.4 Å². The minimum atomic E-state index is -0.350. The number of fused-ring (bicyclic) bond motifs is 1. The fraction of sp³-hybridized carbons (Fsp3) is 0.0870. The smallest absolute Gasteiger partial charge is 0.253 e. The highest BCUT2D eigenvalue weighted by Crippen LogP contribution is 2.22. The van der Waals surface area contributed by atoms with Crippen molar-refractivity contribution in [2.75, 3.05) is 0 Å². The molecule has 0 unspecified atom stereocenters. The van der Waals surface area contributed by atoms with Crippen molar-refractivity contribution >= 4 is 45.7 Å². The molecule has 7 heteroatoms. The van der Waals surface area contributed by atoms with Crippen molar-refractivity contribution in [1.29, 1.82) is 0 Å². The van der Waals surface area contributed by atoms with Gasteiger partial charge in [-0.3, -0.25) is 9.59 Å². The van der Waals surface area contributed by atoms with Crippen LogP contribution in [-0.2, 0) is 6.54 Å². The van der Waals surface area contributed by atoms with Gasteiger partial charge in [-0.2, -0.15) is 0 Å². The summed E-state index contributed by atoms with van der Waals surface area (Å²) in [5, 5.41) is 4.08. The first kappa shape index (κ1) is 21.6. The number of nitrogens with zero attached hydrogens (tertiary/aromatic N) is 2. The van der Waals surface area contributed by atoms with Gasteiger partial charge in [0.1, 0.15) is 5.15 Å². The molecule has 152 valence electrons. The van der Waals surface area contributed by atoms with Crippen molar-refractivity contribution in [3.8, 4) is 0 Å². The Labute approximate surface area is 184 Å². The van der Waals surface area contributed by atoms with Crippen molar-refractivity contribution in [3.05, 3.63) is 105 Å². The van der Waals surface area contributed by atoms with E-state index in [0.717, 1.165) is 5.70 Å². The van der Waals surface area contributed by atoms with E-state index in [1.165, 1.54) is 12.3 Å². The Morgan fingerprint density at radius 3 is 2.73 bits per heavy atom. The van der Waals surface area contributed by atoms with Crippen LogP contribution in [-0.4, -0.2) is 15.5 Å². The molecule has 0 aliphatic rings. The summed E-state index contributed by atoms with van der Waals surface area (Å²) in [4.78, 5) is 29.3. The Bertz CT molecular complexity index is 1230. The van der Waals surface area contributed by atoms with Crippen molar-refractivity contribution in [1.82, 2.24) is 14.9 Å². The van der Waals surface area contributed by atoms with Crippen LogP contribution in [0.5, 0.6) is 0 Å². The fourth-order valence-electron chi connectivity index (χ4n) is 2.99. The molecule has 5 nitrogen and oxygen atoms in total. The number of benzene rings is 1. The Morgan fingerprint density at radius 2 is 2.07 bits per heavy atom. The lowest BCUT2D eigenvalue weighted by Crippen LogP contribution is -2.27. The molecule has 1 amide bonds. The van der Waals surface area contributed by atoms with Crippen molar-refractivity contribution < 1.29 is 4.79 Å². The van der Waals surface area contributed by atoms with Gasteiger partial charge in [-0.1, -0.05) is 41.9 Å². The number of halogens is 2. The highest BCUT2D eigenvalue weighted by molar-refractivity contribution is 6.31. The SMILES string of the molecule is C=C/C=C(\C=C/C)n1cc(CNC(=O)c2ccc(Cl)nc2)c(=O)c2ccc(Cl)cc21. The molecule has 0 fully saturated rings. The summed E-state index contributed by atoms with van der Waals surface area (Å²) in [6.45, 7) is 5.71. The van der Waals surface area contributed by atoms with Gasteiger partial charge < -0.3 is 9.88 Å². The standard InChI is InChI=1S/C23H19Cl2N3O2/c1-3-5-18(6-4-2)28-14-16(22(29)19-9-8-17(24)11-20(19)28)13-27-23(30)15-7-10-21(25)26-12-15/h3-12,14H,1,13H2,2H3,(H,27,30)/b6-4-,18-5+. The second-order valence-corrected chi connectivity index (χ2v) is 7.22. The molecule has 3 aromatic rings. The predicted molar refractivity (Wildman–Crippen MR) is 123 cm³/mol. The van der Waals surface area contributed by atoms with E-state index in [1.807, 2.05) is 29.7 Å². The molecule has 0 saturated carbocycles. The zero-order valence-corrected chi connectivity index (χ0v) is 17.7. The van der Waals surface area contributed by atoms with Gasteiger partial charge in [0.15, 0.2) is 5.43 Å². The lowest BCUT2D eigenvalue weighted by Gasteiger charge is -2.15. The molecule has 0 aliphatic heterocycles. The predicted octanol–water partition coefficient (Wildman–Crippen LogP) is 5.24. The molecule has 1 aromatic carbocycles. The van der Waals surface area contributed by atoms with Gasteiger partial charge in [-0.25, -0.2) is 4.98 Å². The maximum absolute atomic E-state index is 13.0. The third-order valence-electron chi connectivity index (χ3n) is 4.37.